The summed E-state index contributed by atoms with van der Waals surface area (Å²) in [5.41, 5.74) is 8.42. The van der Waals surface area contributed by atoms with Crippen molar-refractivity contribution in [3.63, 3.8) is 0 Å². The van der Waals surface area contributed by atoms with Crippen molar-refractivity contribution in [2.45, 2.75) is 0 Å². The molecule has 0 fully saturated rings. The first-order valence-electron chi connectivity index (χ1n) is 8.08. The number of thiazole rings is 1. The molecule has 27 heavy (non-hydrogen) atoms. The third kappa shape index (κ3) is 4.83. The molecule has 1 aromatic heterocycles. The second-order valence-corrected chi connectivity index (χ2v) is 6.50. The zero-order valence-electron chi connectivity index (χ0n) is 14.6. The van der Waals surface area contributed by atoms with E-state index in [1.165, 1.54) is 11.3 Å². The Morgan fingerprint density at radius 3 is 2.41 bits per heavy atom. The molecule has 8 heteroatoms. The Kier molecular flexibility index (Phi) is 5.68. The summed E-state index contributed by atoms with van der Waals surface area (Å²) in [4.78, 5) is 28.3. The number of nitrogens with two attached hydrogens (primary N) is 1. The van der Waals surface area contributed by atoms with Gasteiger partial charge in [-0.05, 0) is 36.4 Å². The average molecular weight is 382 g/mol. The number of benzene rings is 2. The average Bonchev–Trinajstić information content (AvgIpc) is 3.13. The predicted octanol–water partition coefficient (Wildman–Crippen LogP) is 2.77. The van der Waals surface area contributed by atoms with Crippen LogP contribution in [0.1, 0.15) is 10.4 Å². The van der Waals surface area contributed by atoms with Gasteiger partial charge in [0.1, 0.15) is 5.75 Å². The van der Waals surface area contributed by atoms with Crippen molar-refractivity contribution >= 4 is 34.0 Å². The van der Waals surface area contributed by atoms with E-state index in [2.05, 4.69) is 15.6 Å². The summed E-state index contributed by atoms with van der Waals surface area (Å²) in [6.45, 7) is -0.130. The van der Waals surface area contributed by atoms with E-state index in [9.17, 15) is 9.59 Å². The Labute approximate surface area is 160 Å². The molecule has 0 bridgehead atoms. The maximum absolute atomic E-state index is 12.1. The maximum Gasteiger partial charge on any atom is 0.251 e. The number of carbonyl (C=O) groups excluding carboxylic acids is 2. The van der Waals surface area contributed by atoms with Crippen LogP contribution in [0.15, 0.2) is 53.9 Å². The highest BCUT2D eigenvalue weighted by molar-refractivity contribution is 7.13. The standard InChI is InChI=1S/C19H18N4O3S/c1-26-15-8-4-13(5-9-15)18(25)21-10-17(24)22-14-6-2-12(3-7-14)16-11-27-19(20)23-16/h2-9,11H,10H2,1H3,(H2,20,23)(H,21,25)(H,22,24). The van der Waals surface area contributed by atoms with Crippen LogP contribution in [0.3, 0.4) is 0 Å². The zero-order chi connectivity index (χ0) is 19.2. The van der Waals surface area contributed by atoms with Crippen LogP contribution in [0.25, 0.3) is 11.3 Å². The van der Waals surface area contributed by atoms with E-state index in [1.54, 1.807) is 43.5 Å². The molecule has 0 saturated heterocycles. The lowest BCUT2D eigenvalue weighted by Gasteiger charge is -2.08. The van der Waals surface area contributed by atoms with Crippen LogP contribution >= 0.6 is 11.3 Å². The van der Waals surface area contributed by atoms with Crippen molar-refractivity contribution < 1.29 is 14.3 Å². The normalized spacial score (nSPS) is 10.3. The maximum atomic E-state index is 12.1. The first kappa shape index (κ1) is 18.4. The molecular formula is C19H18N4O3S. The number of aromatic nitrogens is 1. The van der Waals surface area contributed by atoms with Gasteiger partial charge >= 0.3 is 0 Å². The van der Waals surface area contributed by atoms with Gasteiger partial charge in [-0.25, -0.2) is 4.98 Å². The third-order valence-corrected chi connectivity index (χ3v) is 4.42. The number of ether oxygens (including phenoxy) is 1. The lowest BCUT2D eigenvalue weighted by Crippen LogP contribution is -2.32. The number of methoxy groups -OCH3 is 1. The van der Waals surface area contributed by atoms with E-state index >= 15 is 0 Å². The van der Waals surface area contributed by atoms with Crippen LogP contribution in [0.2, 0.25) is 0 Å². The molecule has 0 aliphatic heterocycles. The number of carbonyl (C=O) groups is 2. The van der Waals surface area contributed by atoms with Crippen molar-refractivity contribution in [3.8, 4) is 17.0 Å². The molecule has 3 aromatic rings. The molecule has 0 atom stereocenters. The Bertz CT molecular complexity index is 936. The first-order chi connectivity index (χ1) is 13.0. The molecule has 2 aromatic carbocycles. The fourth-order valence-corrected chi connectivity index (χ4v) is 2.93. The highest BCUT2D eigenvalue weighted by Gasteiger charge is 2.09. The Morgan fingerprint density at radius 1 is 1.11 bits per heavy atom. The van der Waals surface area contributed by atoms with E-state index in [1.807, 2.05) is 17.5 Å². The van der Waals surface area contributed by atoms with Gasteiger partial charge in [0, 0.05) is 22.2 Å². The summed E-state index contributed by atoms with van der Waals surface area (Å²) in [6, 6.07) is 13.9. The molecule has 3 rings (SSSR count). The van der Waals surface area contributed by atoms with Gasteiger partial charge in [0.05, 0.1) is 19.3 Å². The summed E-state index contributed by atoms with van der Waals surface area (Å²) >= 11 is 1.37. The van der Waals surface area contributed by atoms with Crippen molar-refractivity contribution in [2.75, 3.05) is 24.7 Å². The van der Waals surface area contributed by atoms with Crippen molar-refractivity contribution in [1.29, 1.82) is 0 Å². The molecule has 0 saturated carbocycles. The first-order valence-corrected chi connectivity index (χ1v) is 8.96. The molecule has 7 nitrogen and oxygen atoms in total. The van der Waals surface area contributed by atoms with Crippen molar-refractivity contribution in [3.05, 3.63) is 59.5 Å². The van der Waals surface area contributed by atoms with Crippen molar-refractivity contribution in [1.82, 2.24) is 10.3 Å². The summed E-state index contributed by atoms with van der Waals surface area (Å²) in [5, 5.41) is 7.70. The number of anilines is 2. The number of rotatable bonds is 6. The topological polar surface area (TPSA) is 106 Å². The van der Waals surface area contributed by atoms with Gasteiger partial charge in [0.25, 0.3) is 5.91 Å². The van der Waals surface area contributed by atoms with Crippen LogP contribution in [-0.2, 0) is 4.79 Å². The largest absolute Gasteiger partial charge is 0.497 e. The molecular weight excluding hydrogens is 364 g/mol. The van der Waals surface area contributed by atoms with Crippen LogP contribution in [-0.4, -0.2) is 30.5 Å². The van der Waals surface area contributed by atoms with Crippen LogP contribution in [0.5, 0.6) is 5.75 Å². The van der Waals surface area contributed by atoms with Crippen molar-refractivity contribution in [2.24, 2.45) is 0 Å². The van der Waals surface area contributed by atoms with Gasteiger partial charge in [-0.2, -0.15) is 0 Å². The minimum atomic E-state index is -0.329. The second kappa shape index (κ2) is 8.33. The number of nitrogens with one attached hydrogen (secondary N) is 2. The summed E-state index contributed by atoms with van der Waals surface area (Å²) in [6.07, 6.45) is 0. The van der Waals surface area contributed by atoms with Gasteiger partial charge in [-0.1, -0.05) is 12.1 Å². The lowest BCUT2D eigenvalue weighted by molar-refractivity contribution is -0.115. The number of nitrogens with zero attached hydrogens (tertiary/aromatic N) is 1. The summed E-state index contributed by atoms with van der Waals surface area (Å²) < 4.78 is 5.05. The lowest BCUT2D eigenvalue weighted by atomic mass is 10.1. The van der Waals surface area contributed by atoms with Gasteiger partial charge in [0.2, 0.25) is 5.91 Å². The summed E-state index contributed by atoms with van der Waals surface area (Å²) in [7, 11) is 1.55. The molecule has 0 unspecified atom stereocenters. The fraction of sp³-hybridized carbons (Fsp3) is 0.105. The zero-order valence-corrected chi connectivity index (χ0v) is 15.4. The van der Waals surface area contributed by atoms with E-state index in [-0.39, 0.29) is 18.4 Å². The molecule has 1 heterocycles. The van der Waals surface area contributed by atoms with Gasteiger partial charge in [0.15, 0.2) is 5.13 Å². The molecule has 0 spiro atoms. The Morgan fingerprint density at radius 2 is 1.81 bits per heavy atom. The van der Waals surface area contributed by atoms with E-state index in [0.717, 1.165) is 11.3 Å². The second-order valence-electron chi connectivity index (χ2n) is 5.61. The number of hydrogen-bond acceptors (Lipinski definition) is 6. The molecule has 138 valence electrons. The monoisotopic (exact) mass is 382 g/mol. The van der Waals surface area contributed by atoms with E-state index < -0.39 is 0 Å². The molecule has 0 aliphatic rings. The Hall–Kier alpha value is -3.39. The quantitative estimate of drug-likeness (QED) is 0.608. The molecule has 4 N–H and O–H groups in total. The van der Waals surface area contributed by atoms with Crippen LogP contribution < -0.4 is 21.1 Å². The predicted molar refractivity (Wildman–Crippen MR) is 106 cm³/mol. The SMILES string of the molecule is COc1ccc(C(=O)NCC(=O)Nc2ccc(-c3csc(N)n3)cc2)cc1. The summed E-state index contributed by atoms with van der Waals surface area (Å²) in [5.74, 6) is 0.0138. The highest BCUT2D eigenvalue weighted by atomic mass is 32.1. The number of nitrogen functional groups attached to an aromatic ring is 1. The molecule has 0 aliphatic carbocycles. The Balaban J connectivity index is 1.52. The van der Waals surface area contributed by atoms with E-state index in [4.69, 9.17) is 10.5 Å². The molecule has 2 amide bonds. The number of hydrogen-bond donors (Lipinski definition) is 3. The minimum absolute atomic E-state index is 0.130. The highest BCUT2D eigenvalue weighted by Crippen LogP contribution is 2.24. The third-order valence-electron chi connectivity index (χ3n) is 3.75. The van der Waals surface area contributed by atoms with Crippen LogP contribution in [0, 0.1) is 0 Å². The smallest absolute Gasteiger partial charge is 0.251 e. The minimum Gasteiger partial charge on any atom is -0.497 e. The van der Waals surface area contributed by atoms with Gasteiger partial charge < -0.3 is 21.1 Å². The van der Waals surface area contributed by atoms with Crippen LogP contribution in [0.4, 0.5) is 10.8 Å². The van der Waals surface area contributed by atoms with Gasteiger partial charge in [-0.3, -0.25) is 9.59 Å². The fourth-order valence-electron chi connectivity index (χ4n) is 2.35. The van der Waals surface area contributed by atoms with Gasteiger partial charge in [-0.15, -0.1) is 11.3 Å². The van der Waals surface area contributed by atoms with E-state index in [0.29, 0.717) is 22.1 Å². The molecule has 0 radical (unpaired) electrons. The number of amides is 2.